The average Bonchev–Trinajstić information content (AvgIpc) is 3.42. The fourth-order valence-corrected chi connectivity index (χ4v) is 5.38. The fourth-order valence-electron chi connectivity index (χ4n) is 5.38. The maximum atomic E-state index is 5.61. The smallest absolute Gasteiger partial charge is 0.197 e. The van der Waals surface area contributed by atoms with Crippen molar-refractivity contribution >= 4 is 16.6 Å². The third-order valence-electron chi connectivity index (χ3n) is 7.21. The molecular weight excluding hydrogens is 410 g/mol. The van der Waals surface area contributed by atoms with Crippen molar-refractivity contribution in [2.24, 2.45) is 0 Å². The highest BCUT2D eigenvalue weighted by molar-refractivity contribution is 5.92. The molecular formula is C27H35N5O. The Hall–Kier alpha value is -2.86. The van der Waals surface area contributed by atoms with Crippen molar-refractivity contribution in [3.63, 3.8) is 0 Å². The van der Waals surface area contributed by atoms with Gasteiger partial charge < -0.3 is 9.72 Å². The Morgan fingerprint density at radius 2 is 1.88 bits per heavy atom. The van der Waals surface area contributed by atoms with Gasteiger partial charge in [-0.2, -0.15) is 5.10 Å². The molecule has 0 atom stereocenters. The molecule has 1 N–H and O–H groups in total. The number of likely N-dealkylation sites (tertiary alicyclic amines) is 1. The van der Waals surface area contributed by atoms with Crippen LogP contribution in [-0.2, 0) is 0 Å². The molecule has 4 heterocycles. The minimum atomic E-state index is 0.252. The second kappa shape index (κ2) is 8.17. The van der Waals surface area contributed by atoms with E-state index in [0.29, 0.717) is 11.8 Å². The van der Waals surface area contributed by atoms with Crippen molar-refractivity contribution in [3.8, 4) is 17.0 Å². The van der Waals surface area contributed by atoms with Gasteiger partial charge >= 0.3 is 0 Å². The molecule has 6 heteroatoms. The van der Waals surface area contributed by atoms with E-state index in [2.05, 4.69) is 78.9 Å². The van der Waals surface area contributed by atoms with Gasteiger partial charge in [-0.05, 0) is 87.9 Å². The average molecular weight is 446 g/mol. The van der Waals surface area contributed by atoms with Crippen molar-refractivity contribution in [1.82, 2.24) is 24.5 Å². The van der Waals surface area contributed by atoms with Gasteiger partial charge in [0.05, 0.1) is 12.8 Å². The van der Waals surface area contributed by atoms with Gasteiger partial charge in [0, 0.05) is 28.2 Å². The van der Waals surface area contributed by atoms with Gasteiger partial charge in [0.2, 0.25) is 0 Å². The van der Waals surface area contributed by atoms with Crippen LogP contribution in [0, 0.1) is 0 Å². The highest BCUT2D eigenvalue weighted by atomic mass is 16.5. The summed E-state index contributed by atoms with van der Waals surface area (Å²) in [6, 6.07) is 9.09. The molecule has 5 rings (SSSR count). The number of hydrogen-bond donors (Lipinski definition) is 1. The van der Waals surface area contributed by atoms with Gasteiger partial charge in [0.25, 0.3) is 0 Å². The van der Waals surface area contributed by atoms with E-state index in [1.54, 1.807) is 18.0 Å². The van der Waals surface area contributed by atoms with Gasteiger partial charge in [0.15, 0.2) is 11.4 Å². The molecule has 0 saturated carbocycles. The molecule has 33 heavy (non-hydrogen) atoms. The van der Waals surface area contributed by atoms with E-state index in [9.17, 15) is 0 Å². The Morgan fingerprint density at radius 1 is 1.12 bits per heavy atom. The normalized spacial score (nSPS) is 16.3. The molecule has 4 aromatic rings. The van der Waals surface area contributed by atoms with Gasteiger partial charge in [-0.3, -0.25) is 4.90 Å². The molecule has 1 fully saturated rings. The Balaban J connectivity index is 1.55. The van der Waals surface area contributed by atoms with Crippen LogP contribution in [0.1, 0.15) is 70.4 Å². The molecule has 174 valence electrons. The van der Waals surface area contributed by atoms with Crippen molar-refractivity contribution in [2.75, 3.05) is 20.2 Å². The minimum Gasteiger partial charge on any atom is -0.493 e. The van der Waals surface area contributed by atoms with E-state index in [1.165, 1.54) is 48.0 Å². The minimum absolute atomic E-state index is 0.252. The zero-order valence-electron chi connectivity index (χ0n) is 20.6. The number of aromatic amines is 1. The van der Waals surface area contributed by atoms with Gasteiger partial charge in [-0.25, -0.2) is 9.50 Å². The quantitative estimate of drug-likeness (QED) is 0.419. The van der Waals surface area contributed by atoms with Gasteiger partial charge in [-0.1, -0.05) is 19.9 Å². The summed E-state index contributed by atoms with van der Waals surface area (Å²) in [5.41, 5.74) is 7.17. The molecule has 0 bridgehead atoms. The molecule has 1 saturated heterocycles. The number of nitrogens with one attached hydrogen (secondary N) is 1. The number of fused-ring (bicyclic) bond motifs is 2. The van der Waals surface area contributed by atoms with Crippen molar-refractivity contribution in [1.29, 1.82) is 0 Å². The summed E-state index contributed by atoms with van der Waals surface area (Å²) in [5.74, 6) is 1.73. The lowest BCUT2D eigenvalue weighted by Gasteiger charge is -2.41. The van der Waals surface area contributed by atoms with Crippen molar-refractivity contribution < 1.29 is 4.74 Å². The topological polar surface area (TPSA) is 58.5 Å². The van der Waals surface area contributed by atoms with Crippen LogP contribution in [0.4, 0.5) is 0 Å². The zero-order valence-corrected chi connectivity index (χ0v) is 20.6. The lowest BCUT2D eigenvalue weighted by Crippen LogP contribution is -2.45. The van der Waals surface area contributed by atoms with E-state index in [4.69, 9.17) is 4.74 Å². The summed E-state index contributed by atoms with van der Waals surface area (Å²) in [5, 5.41) is 5.68. The van der Waals surface area contributed by atoms with Crippen LogP contribution in [-0.4, -0.2) is 50.2 Å². The van der Waals surface area contributed by atoms with Crippen LogP contribution < -0.4 is 4.74 Å². The van der Waals surface area contributed by atoms with Crippen LogP contribution in [0.15, 0.2) is 36.8 Å². The molecule has 0 spiro atoms. The van der Waals surface area contributed by atoms with Crippen LogP contribution in [0.3, 0.4) is 0 Å². The maximum absolute atomic E-state index is 5.61. The number of hydrogen-bond acceptors (Lipinski definition) is 4. The Morgan fingerprint density at radius 3 is 2.55 bits per heavy atom. The molecule has 1 aliphatic heterocycles. The number of ether oxygens (including phenoxy) is 1. The summed E-state index contributed by atoms with van der Waals surface area (Å²) in [4.78, 5) is 10.6. The SMILES string of the molecule is COc1cc(-c2[nH]c3ccc(C4CCN(C(C)(C)C)CC4)cc3c2C(C)C)cn2ncnc12. The first-order chi connectivity index (χ1) is 15.8. The van der Waals surface area contributed by atoms with Crippen molar-refractivity contribution in [3.05, 3.63) is 47.9 Å². The third-order valence-corrected chi connectivity index (χ3v) is 7.21. The molecule has 0 aliphatic carbocycles. The number of methoxy groups -OCH3 is 1. The number of pyridine rings is 1. The molecule has 1 aromatic carbocycles. The summed E-state index contributed by atoms with van der Waals surface area (Å²) in [6.45, 7) is 13.8. The summed E-state index contributed by atoms with van der Waals surface area (Å²) in [7, 11) is 1.68. The van der Waals surface area contributed by atoms with Crippen LogP contribution >= 0.6 is 0 Å². The van der Waals surface area contributed by atoms with E-state index >= 15 is 0 Å². The van der Waals surface area contributed by atoms with E-state index in [0.717, 1.165) is 22.7 Å². The first kappa shape index (κ1) is 22.0. The zero-order chi connectivity index (χ0) is 23.3. The molecule has 0 radical (unpaired) electrons. The molecule has 6 nitrogen and oxygen atoms in total. The van der Waals surface area contributed by atoms with Crippen LogP contribution in [0.5, 0.6) is 5.75 Å². The molecule has 0 amide bonds. The summed E-state index contributed by atoms with van der Waals surface area (Å²) in [6.07, 6.45) is 6.03. The highest BCUT2D eigenvalue weighted by Crippen LogP contribution is 2.39. The second-order valence-electron chi connectivity index (χ2n) is 10.6. The number of rotatable bonds is 4. The third kappa shape index (κ3) is 3.90. The highest BCUT2D eigenvalue weighted by Gasteiger charge is 2.28. The van der Waals surface area contributed by atoms with Crippen LogP contribution in [0.25, 0.3) is 27.8 Å². The molecule has 3 aromatic heterocycles. The lowest BCUT2D eigenvalue weighted by atomic mass is 9.86. The van der Waals surface area contributed by atoms with Crippen LogP contribution in [0.2, 0.25) is 0 Å². The first-order valence-electron chi connectivity index (χ1n) is 12.0. The predicted octanol–water partition coefficient (Wildman–Crippen LogP) is 5.99. The number of benzene rings is 1. The summed E-state index contributed by atoms with van der Waals surface area (Å²) >= 11 is 0. The van der Waals surface area contributed by atoms with E-state index < -0.39 is 0 Å². The molecule has 1 aliphatic rings. The van der Waals surface area contributed by atoms with E-state index in [-0.39, 0.29) is 5.54 Å². The van der Waals surface area contributed by atoms with E-state index in [1.807, 2.05) is 6.20 Å². The van der Waals surface area contributed by atoms with Gasteiger partial charge in [-0.15, -0.1) is 0 Å². The number of piperidine rings is 1. The number of aromatic nitrogens is 4. The fraction of sp³-hybridized carbons (Fsp3) is 0.481. The maximum Gasteiger partial charge on any atom is 0.197 e. The Bertz CT molecular complexity index is 1290. The largest absolute Gasteiger partial charge is 0.493 e. The van der Waals surface area contributed by atoms with Crippen molar-refractivity contribution in [2.45, 2.75) is 64.8 Å². The Labute approximate surface area is 196 Å². The monoisotopic (exact) mass is 445 g/mol. The molecule has 0 unspecified atom stereocenters. The summed E-state index contributed by atoms with van der Waals surface area (Å²) < 4.78 is 7.40. The second-order valence-corrected chi connectivity index (χ2v) is 10.6. The number of H-pyrrole nitrogens is 1. The first-order valence-corrected chi connectivity index (χ1v) is 12.0. The predicted molar refractivity (Wildman–Crippen MR) is 134 cm³/mol. The Kier molecular flexibility index (Phi) is 5.44. The van der Waals surface area contributed by atoms with Gasteiger partial charge in [0.1, 0.15) is 6.33 Å². The number of nitrogens with zero attached hydrogens (tertiary/aromatic N) is 4. The lowest BCUT2D eigenvalue weighted by molar-refractivity contribution is 0.102. The standard InChI is InChI=1S/C27H35N5O/c1-17(2)24-21-13-19(18-9-11-31(12-10-18)27(3,4)5)7-8-22(21)30-25(24)20-14-23(33-6)26-28-16-29-32(26)15-20/h7-8,13-18,30H,9-12H2,1-6H3.